The summed E-state index contributed by atoms with van der Waals surface area (Å²) in [7, 11) is 0. The van der Waals surface area contributed by atoms with Crippen molar-refractivity contribution < 1.29 is 0 Å². The van der Waals surface area contributed by atoms with Gasteiger partial charge in [-0.1, -0.05) is 176 Å². The van der Waals surface area contributed by atoms with E-state index in [4.69, 9.17) is 0 Å². The maximum Gasteiger partial charge on any atom is 0.0336 e. The SMILES string of the molecule is CCCCCCC#Cc1cc(C#CCCCCCC)c2ccc3c(C#CCCCCCC)cc(C#CCCCCCC)c4ccc1c2c43. The Morgan fingerprint density at radius 2 is 0.583 bits per heavy atom. The third-order valence-electron chi connectivity index (χ3n) is 9.41. The highest BCUT2D eigenvalue weighted by Gasteiger charge is 2.17. The Labute approximate surface area is 293 Å². The largest absolute Gasteiger partial charge is 0.0979 e. The molecule has 4 aromatic rings. The van der Waals surface area contributed by atoms with Crippen LogP contribution in [0.5, 0.6) is 0 Å². The van der Waals surface area contributed by atoms with E-state index < -0.39 is 0 Å². The van der Waals surface area contributed by atoms with E-state index in [2.05, 4.69) is 111 Å². The molecule has 4 rings (SSSR count). The summed E-state index contributed by atoms with van der Waals surface area (Å²) >= 11 is 0. The normalized spacial score (nSPS) is 10.7. The van der Waals surface area contributed by atoms with Gasteiger partial charge in [0.2, 0.25) is 0 Å². The summed E-state index contributed by atoms with van der Waals surface area (Å²) in [6.45, 7) is 9.05. The molecule has 0 N–H and O–H groups in total. The summed E-state index contributed by atoms with van der Waals surface area (Å²) in [4.78, 5) is 0. The molecule has 0 amide bonds. The number of rotatable bonds is 16. The molecule has 0 aromatic heterocycles. The predicted molar refractivity (Wildman–Crippen MR) is 213 cm³/mol. The molecule has 48 heavy (non-hydrogen) atoms. The second kappa shape index (κ2) is 21.2. The summed E-state index contributed by atoms with van der Waals surface area (Å²) in [5, 5.41) is 7.44. The minimum absolute atomic E-state index is 0.941. The van der Waals surface area contributed by atoms with Gasteiger partial charge >= 0.3 is 0 Å². The third kappa shape index (κ3) is 10.6. The first-order valence-corrected chi connectivity index (χ1v) is 19.5. The fraction of sp³-hybridized carbons (Fsp3) is 0.500. The molecule has 0 saturated carbocycles. The van der Waals surface area contributed by atoms with Crippen LogP contribution in [-0.2, 0) is 0 Å². The van der Waals surface area contributed by atoms with Crippen molar-refractivity contribution in [2.24, 2.45) is 0 Å². The minimum atomic E-state index is 0.941. The Morgan fingerprint density at radius 3 is 0.812 bits per heavy atom. The predicted octanol–water partition coefficient (Wildman–Crippen LogP) is 13.9. The summed E-state index contributed by atoms with van der Waals surface area (Å²) in [6, 6.07) is 13.7. The Balaban J connectivity index is 1.87. The molecule has 0 unspecified atom stereocenters. The van der Waals surface area contributed by atoms with Crippen molar-refractivity contribution in [1.82, 2.24) is 0 Å². The minimum Gasteiger partial charge on any atom is -0.0979 e. The molecule has 0 saturated heterocycles. The molecule has 0 nitrogen and oxygen atoms in total. The molecule has 0 fully saturated rings. The molecule has 0 aliphatic carbocycles. The van der Waals surface area contributed by atoms with E-state index in [1.807, 2.05) is 0 Å². The first-order chi connectivity index (χ1) is 23.7. The zero-order valence-electron chi connectivity index (χ0n) is 30.6. The van der Waals surface area contributed by atoms with Crippen LogP contribution in [0.4, 0.5) is 0 Å². The van der Waals surface area contributed by atoms with Gasteiger partial charge in [-0.2, -0.15) is 0 Å². The summed E-state index contributed by atoms with van der Waals surface area (Å²) in [5.41, 5.74) is 4.38. The Hall–Kier alpha value is -3.84. The lowest BCUT2D eigenvalue weighted by atomic mass is 9.86. The van der Waals surface area contributed by atoms with Crippen molar-refractivity contribution >= 4 is 32.3 Å². The van der Waals surface area contributed by atoms with Crippen LogP contribution in [0.15, 0.2) is 36.4 Å². The van der Waals surface area contributed by atoms with Crippen molar-refractivity contribution in [3.63, 3.8) is 0 Å². The first kappa shape index (κ1) is 37.0. The fourth-order valence-electron chi connectivity index (χ4n) is 6.60. The highest BCUT2D eigenvalue weighted by atomic mass is 14.2. The van der Waals surface area contributed by atoms with E-state index in [1.54, 1.807) is 0 Å². The maximum atomic E-state index is 3.61. The highest BCUT2D eigenvalue weighted by Crippen LogP contribution is 2.40. The van der Waals surface area contributed by atoms with Gasteiger partial charge in [0.25, 0.3) is 0 Å². The van der Waals surface area contributed by atoms with E-state index in [-0.39, 0.29) is 0 Å². The van der Waals surface area contributed by atoms with Crippen LogP contribution < -0.4 is 0 Å². The van der Waals surface area contributed by atoms with Gasteiger partial charge in [-0.15, -0.1) is 0 Å². The lowest BCUT2D eigenvalue weighted by Crippen LogP contribution is -1.94. The molecule has 0 aliphatic rings. The second-order valence-electron chi connectivity index (χ2n) is 13.5. The number of hydrogen-bond donors (Lipinski definition) is 0. The van der Waals surface area contributed by atoms with Gasteiger partial charge in [-0.05, 0) is 70.1 Å². The topological polar surface area (TPSA) is 0 Å². The zero-order chi connectivity index (χ0) is 33.8. The summed E-state index contributed by atoms with van der Waals surface area (Å²) < 4.78 is 0. The number of hydrogen-bond acceptors (Lipinski definition) is 0. The van der Waals surface area contributed by atoms with E-state index >= 15 is 0 Å². The first-order valence-electron chi connectivity index (χ1n) is 19.5. The molecular formula is C48H58. The summed E-state index contributed by atoms with van der Waals surface area (Å²) in [6.07, 6.45) is 23.6. The van der Waals surface area contributed by atoms with Crippen LogP contribution in [0.25, 0.3) is 32.3 Å². The van der Waals surface area contributed by atoms with Gasteiger partial charge < -0.3 is 0 Å². The van der Waals surface area contributed by atoms with E-state index in [1.165, 1.54) is 109 Å². The van der Waals surface area contributed by atoms with Crippen LogP contribution in [0.3, 0.4) is 0 Å². The zero-order valence-corrected chi connectivity index (χ0v) is 30.6. The van der Waals surface area contributed by atoms with Crippen molar-refractivity contribution in [2.75, 3.05) is 0 Å². The van der Waals surface area contributed by atoms with Crippen molar-refractivity contribution in [3.8, 4) is 47.4 Å². The fourth-order valence-corrected chi connectivity index (χ4v) is 6.60. The molecule has 4 aromatic carbocycles. The lowest BCUT2D eigenvalue weighted by Gasteiger charge is -2.16. The maximum absolute atomic E-state index is 3.61. The average Bonchev–Trinajstić information content (AvgIpc) is 3.11. The Bertz CT molecular complexity index is 1570. The van der Waals surface area contributed by atoms with E-state index in [0.717, 1.165) is 73.6 Å². The van der Waals surface area contributed by atoms with Crippen molar-refractivity contribution in [1.29, 1.82) is 0 Å². The van der Waals surface area contributed by atoms with Crippen LogP contribution in [0, 0.1) is 47.4 Å². The van der Waals surface area contributed by atoms with Crippen LogP contribution in [0.2, 0.25) is 0 Å². The molecule has 0 aliphatic heterocycles. The van der Waals surface area contributed by atoms with Crippen molar-refractivity contribution in [2.45, 2.75) is 156 Å². The third-order valence-corrected chi connectivity index (χ3v) is 9.41. The highest BCUT2D eigenvalue weighted by molar-refractivity contribution is 6.26. The molecule has 0 bridgehead atoms. The van der Waals surface area contributed by atoms with Crippen LogP contribution in [0.1, 0.15) is 178 Å². The van der Waals surface area contributed by atoms with Gasteiger partial charge in [-0.25, -0.2) is 0 Å². The van der Waals surface area contributed by atoms with Gasteiger partial charge in [0.15, 0.2) is 0 Å². The van der Waals surface area contributed by atoms with Crippen LogP contribution in [-0.4, -0.2) is 0 Å². The smallest absolute Gasteiger partial charge is 0.0336 e. The van der Waals surface area contributed by atoms with Gasteiger partial charge in [-0.3, -0.25) is 0 Å². The second-order valence-corrected chi connectivity index (χ2v) is 13.5. The quantitative estimate of drug-likeness (QED) is 0.0653. The Kier molecular flexibility index (Phi) is 16.3. The molecule has 0 radical (unpaired) electrons. The van der Waals surface area contributed by atoms with Gasteiger partial charge in [0.05, 0.1) is 0 Å². The Morgan fingerprint density at radius 1 is 0.333 bits per heavy atom. The lowest BCUT2D eigenvalue weighted by molar-refractivity contribution is 0.679. The molecule has 250 valence electrons. The van der Waals surface area contributed by atoms with Crippen LogP contribution >= 0.6 is 0 Å². The number of benzene rings is 4. The standard InChI is InChI=1S/C48H58/c1-5-9-13-17-21-25-29-39-37-40(30-26-22-18-14-10-6-2)44-35-36-46-42(32-28-24-20-16-12-8-4)38-41(31-27-23-19-15-11-7-3)45-34-33-43(39)47(44)48(45)46/h33-38H,5-24H2,1-4H3. The van der Waals surface area contributed by atoms with Crippen molar-refractivity contribution in [3.05, 3.63) is 58.7 Å². The average molecular weight is 635 g/mol. The summed E-state index contributed by atoms with van der Waals surface area (Å²) in [5.74, 6) is 28.5. The van der Waals surface area contributed by atoms with Gasteiger partial charge in [0.1, 0.15) is 0 Å². The molecule has 0 atom stereocenters. The molecular weight excluding hydrogens is 577 g/mol. The van der Waals surface area contributed by atoms with E-state index in [0.29, 0.717) is 0 Å². The van der Waals surface area contributed by atoms with Gasteiger partial charge in [0, 0.05) is 47.9 Å². The molecule has 0 heterocycles. The number of unbranched alkanes of at least 4 members (excludes halogenated alkanes) is 16. The molecule has 0 spiro atoms. The molecule has 0 heteroatoms. The van der Waals surface area contributed by atoms with E-state index in [9.17, 15) is 0 Å². The monoisotopic (exact) mass is 634 g/mol.